The van der Waals surface area contributed by atoms with E-state index in [2.05, 4.69) is 21.2 Å². The van der Waals surface area contributed by atoms with Crippen LogP contribution in [0.5, 0.6) is 0 Å². The summed E-state index contributed by atoms with van der Waals surface area (Å²) in [4.78, 5) is 24.5. The van der Waals surface area contributed by atoms with Crippen LogP contribution >= 0.6 is 15.9 Å². The zero-order chi connectivity index (χ0) is 20.8. The molecule has 0 saturated heterocycles. The van der Waals surface area contributed by atoms with Crippen LogP contribution in [0, 0.1) is 11.3 Å². The summed E-state index contributed by atoms with van der Waals surface area (Å²) in [6, 6.07) is 16.5. The number of para-hydroxylation sites is 1. The molecule has 146 valence electrons. The van der Waals surface area contributed by atoms with Gasteiger partial charge in [0.15, 0.2) is 0 Å². The molecule has 0 bridgehead atoms. The van der Waals surface area contributed by atoms with Crippen LogP contribution in [0.1, 0.15) is 12.5 Å². The van der Waals surface area contributed by atoms with Crippen molar-refractivity contribution in [3.05, 3.63) is 70.3 Å². The second kappa shape index (κ2) is 9.22. The zero-order valence-corrected chi connectivity index (χ0v) is 17.3. The number of carbonyl (C=O) groups is 2. The second-order valence-electron chi connectivity index (χ2n) is 6.17. The predicted molar refractivity (Wildman–Crippen MR) is 115 cm³/mol. The molecule has 1 aromatic heterocycles. The van der Waals surface area contributed by atoms with E-state index in [0.29, 0.717) is 17.9 Å². The lowest BCUT2D eigenvalue weighted by Crippen LogP contribution is -2.13. The minimum Gasteiger partial charge on any atom is -0.465 e. The Labute approximate surface area is 176 Å². The number of hydrogen-bond donors (Lipinski definition) is 1. The van der Waals surface area contributed by atoms with E-state index in [1.165, 1.54) is 6.08 Å². The molecule has 0 fully saturated rings. The van der Waals surface area contributed by atoms with Crippen molar-refractivity contribution >= 4 is 50.5 Å². The van der Waals surface area contributed by atoms with Crippen LogP contribution in [0.25, 0.3) is 17.0 Å². The van der Waals surface area contributed by atoms with Gasteiger partial charge in [-0.3, -0.25) is 9.59 Å². The molecule has 7 heteroatoms. The van der Waals surface area contributed by atoms with E-state index in [4.69, 9.17) is 4.74 Å². The molecule has 0 aliphatic rings. The maximum absolute atomic E-state index is 12.5. The van der Waals surface area contributed by atoms with E-state index in [1.54, 1.807) is 42.0 Å². The number of nitrogens with one attached hydrogen (secondary N) is 1. The van der Waals surface area contributed by atoms with Gasteiger partial charge in [-0.25, -0.2) is 0 Å². The standard InChI is InChI=1S/C22H18BrN3O3/c1-2-29-21(27)14-26-13-16(19-11-17(23)8-9-20(19)26)10-15(12-24)22(28)25-18-6-4-3-5-7-18/h3-11,13H,2,14H2,1H3,(H,25,28). The van der Waals surface area contributed by atoms with Crippen molar-refractivity contribution in [1.82, 2.24) is 4.57 Å². The Bertz CT molecular complexity index is 1130. The van der Waals surface area contributed by atoms with Gasteiger partial charge in [0.25, 0.3) is 5.91 Å². The summed E-state index contributed by atoms with van der Waals surface area (Å²) in [6.07, 6.45) is 3.26. The fraction of sp³-hybridized carbons (Fsp3) is 0.136. The minimum atomic E-state index is -0.500. The first-order valence-electron chi connectivity index (χ1n) is 8.94. The number of amides is 1. The fourth-order valence-corrected chi connectivity index (χ4v) is 3.27. The highest BCUT2D eigenvalue weighted by molar-refractivity contribution is 9.10. The van der Waals surface area contributed by atoms with Gasteiger partial charge in [0, 0.05) is 32.8 Å². The van der Waals surface area contributed by atoms with Crippen molar-refractivity contribution in [2.45, 2.75) is 13.5 Å². The summed E-state index contributed by atoms with van der Waals surface area (Å²) in [6.45, 7) is 2.09. The highest BCUT2D eigenvalue weighted by Gasteiger charge is 2.15. The summed E-state index contributed by atoms with van der Waals surface area (Å²) in [5.74, 6) is -0.856. The Balaban J connectivity index is 1.98. The molecule has 3 aromatic rings. The van der Waals surface area contributed by atoms with Gasteiger partial charge in [-0.05, 0) is 43.3 Å². The molecule has 0 saturated carbocycles. The zero-order valence-electron chi connectivity index (χ0n) is 15.7. The maximum Gasteiger partial charge on any atom is 0.325 e. The van der Waals surface area contributed by atoms with Crippen LogP contribution in [-0.4, -0.2) is 23.1 Å². The van der Waals surface area contributed by atoms with Gasteiger partial charge < -0.3 is 14.6 Å². The van der Waals surface area contributed by atoms with Crippen LogP contribution < -0.4 is 5.32 Å². The van der Waals surface area contributed by atoms with Crippen LogP contribution in [0.4, 0.5) is 5.69 Å². The molecule has 29 heavy (non-hydrogen) atoms. The van der Waals surface area contributed by atoms with Gasteiger partial charge >= 0.3 is 5.97 Å². The lowest BCUT2D eigenvalue weighted by atomic mass is 10.1. The normalized spacial score (nSPS) is 11.1. The molecule has 1 amide bonds. The smallest absolute Gasteiger partial charge is 0.325 e. The van der Waals surface area contributed by atoms with Gasteiger partial charge in [-0.15, -0.1) is 0 Å². The summed E-state index contributed by atoms with van der Waals surface area (Å²) >= 11 is 3.44. The largest absolute Gasteiger partial charge is 0.465 e. The summed E-state index contributed by atoms with van der Waals surface area (Å²) in [7, 11) is 0. The van der Waals surface area contributed by atoms with E-state index < -0.39 is 5.91 Å². The summed E-state index contributed by atoms with van der Waals surface area (Å²) in [5.41, 5.74) is 2.02. The first-order valence-corrected chi connectivity index (χ1v) is 9.73. The molecular weight excluding hydrogens is 434 g/mol. The Morgan fingerprint density at radius 2 is 2.00 bits per heavy atom. The van der Waals surface area contributed by atoms with Crippen molar-refractivity contribution in [3.63, 3.8) is 0 Å². The number of benzene rings is 2. The Morgan fingerprint density at radius 1 is 1.24 bits per heavy atom. The van der Waals surface area contributed by atoms with E-state index in [0.717, 1.165) is 15.4 Å². The number of halogens is 1. The van der Waals surface area contributed by atoms with Crippen LogP contribution in [0.15, 0.2) is 64.8 Å². The van der Waals surface area contributed by atoms with E-state index >= 15 is 0 Å². The Morgan fingerprint density at radius 3 is 2.69 bits per heavy atom. The predicted octanol–water partition coefficient (Wildman–Crippen LogP) is 4.51. The minimum absolute atomic E-state index is 0.0380. The fourth-order valence-electron chi connectivity index (χ4n) is 2.91. The molecule has 3 rings (SSSR count). The lowest BCUT2D eigenvalue weighted by Gasteiger charge is -2.04. The molecule has 0 spiro atoms. The average molecular weight is 452 g/mol. The summed E-state index contributed by atoms with van der Waals surface area (Å²) < 4.78 is 7.63. The van der Waals surface area contributed by atoms with E-state index in [-0.39, 0.29) is 18.1 Å². The number of hydrogen-bond acceptors (Lipinski definition) is 4. The SMILES string of the molecule is CCOC(=O)Cn1cc(C=C(C#N)C(=O)Nc2ccccc2)c2cc(Br)ccc21. The number of nitriles is 1. The van der Waals surface area contributed by atoms with Gasteiger partial charge in [-0.2, -0.15) is 5.26 Å². The number of rotatable bonds is 6. The molecule has 0 radical (unpaired) electrons. The molecule has 0 aliphatic carbocycles. The number of aromatic nitrogens is 1. The third-order valence-electron chi connectivity index (χ3n) is 4.18. The first kappa shape index (κ1) is 20.4. The van der Waals surface area contributed by atoms with Crippen molar-refractivity contribution in [1.29, 1.82) is 5.26 Å². The third kappa shape index (κ3) is 4.92. The van der Waals surface area contributed by atoms with Gasteiger partial charge in [0.05, 0.1) is 6.61 Å². The van der Waals surface area contributed by atoms with Crippen LogP contribution in [0.3, 0.4) is 0 Å². The number of ether oxygens (including phenoxy) is 1. The number of esters is 1. The number of carbonyl (C=O) groups excluding carboxylic acids is 2. The third-order valence-corrected chi connectivity index (χ3v) is 4.67. The molecule has 2 aromatic carbocycles. The average Bonchev–Trinajstić information content (AvgIpc) is 3.03. The monoisotopic (exact) mass is 451 g/mol. The number of fused-ring (bicyclic) bond motifs is 1. The van der Waals surface area contributed by atoms with Crippen molar-refractivity contribution in [3.8, 4) is 6.07 Å². The molecular formula is C22H18BrN3O3. The van der Waals surface area contributed by atoms with Gasteiger partial charge in [0.1, 0.15) is 18.2 Å². The molecule has 6 nitrogen and oxygen atoms in total. The molecule has 0 unspecified atom stereocenters. The van der Waals surface area contributed by atoms with Crippen molar-refractivity contribution in [2.24, 2.45) is 0 Å². The van der Waals surface area contributed by atoms with Crippen molar-refractivity contribution in [2.75, 3.05) is 11.9 Å². The number of anilines is 1. The Kier molecular flexibility index (Phi) is 6.47. The molecule has 1 heterocycles. The van der Waals surface area contributed by atoms with Gasteiger partial charge in [0.2, 0.25) is 0 Å². The Hall–Kier alpha value is -3.37. The molecule has 0 aliphatic heterocycles. The lowest BCUT2D eigenvalue weighted by molar-refractivity contribution is -0.143. The maximum atomic E-state index is 12.5. The summed E-state index contributed by atoms with van der Waals surface area (Å²) in [5, 5.41) is 13.0. The van der Waals surface area contributed by atoms with Crippen LogP contribution in [-0.2, 0) is 20.9 Å². The van der Waals surface area contributed by atoms with E-state index in [9.17, 15) is 14.9 Å². The van der Waals surface area contributed by atoms with Crippen LogP contribution in [0.2, 0.25) is 0 Å². The first-order chi connectivity index (χ1) is 14.0. The second-order valence-corrected chi connectivity index (χ2v) is 7.08. The highest BCUT2D eigenvalue weighted by Crippen LogP contribution is 2.27. The topological polar surface area (TPSA) is 84.1 Å². The van der Waals surface area contributed by atoms with E-state index in [1.807, 2.05) is 30.3 Å². The number of nitrogens with zero attached hydrogens (tertiary/aromatic N) is 2. The molecule has 0 atom stereocenters. The molecule has 1 N–H and O–H groups in total. The van der Waals surface area contributed by atoms with Gasteiger partial charge in [-0.1, -0.05) is 34.1 Å². The quantitative estimate of drug-likeness (QED) is 0.339. The highest BCUT2D eigenvalue weighted by atomic mass is 79.9. The van der Waals surface area contributed by atoms with Crippen molar-refractivity contribution < 1.29 is 14.3 Å².